The molecule has 186 valence electrons. The van der Waals surface area contributed by atoms with Gasteiger partial charge in [0.25, 0.3) is 0 Å². The van der Waals surface area contributed by atoms with Crippen molar-refractivity contribution in [3.8, 4) is 11.3 Å². The summed E-state index contributed by atoms with van der Waals surface area (Å²) in [5, 5.41) is 1.16. The molecule has 2 aromatic heterocycles. The number of benzene rings is 1. The van der Waals surface area contributed by atoms with Gasteiger partial charge in [-0.15, -0.1) is 0 Å². The van der Waals surface area contributed by atoms with E-state index in [1.165, 1.54) is 11.8 Å². The molecule has 0 saturated carbocycles. The Kier molecular flexibility index (Phi) is 6.64. The van der Waals surface area contributed by atoms with Gasteiger partial charge in [-0.3, -0.25) is 14.7 Å². The highest BCUT2D eigenvalue weighted by Gasteiger charge is 2.29. The molecule has 35 heavy (non-hydrogen) atoms. The molecule has 1 amide bonds. The van der Waals surface area contributed by atoms with Crippen LogP contribution in [0.5, 0.6) is 0 Å². The minimum Gasteiger partial charge on any atom is -0.378 e. The maximum atomic E-state index is 14.7. The second-order valence-corrected chi connectivity index (χ2v) is 10.4. The molecule has 2 fully saturated rings. The molecule has 3 aromatic rings. The number of amides is 1. The zero-order valence-corrected chi connectivity index (χ0v) is 21.1. The quantitative estimate of drug-likeness (QED) is 0.551. The molecule has 2 saturated heterocycles. The molecule has 0 unspecified atom stereocenters. The monoisotopic (exact) mass is 478 g/mol. The van der Waals surface area contributed by atoms with Crippen molar-refractivity contribution in [2.75, 3.05) is 39.9 Å². The van der Waals surface area contributed by atoms with E-state index < -0.39 is 0 Å². The van der Waals surface area contributed by atoms with Gasteiger partial charge in [0.05, 0.1) is 37.7 Å². The number of hydrogen-bond acceptors (Lipinski definition) is 4. The van der Waals surface area contributed by atoms with E-state index in [4.69, 9.17) is 4.74 Å². The predicted molar refractivity (Wildman–Crippen MR) is 136 cm³/mol. The summed E-state index contributed by atoms with van der Waals surface area (Å²) in [6.07, 6.45) is 3.22. The Morgan fingerprint density at radius 2 is 2.00 bits per heavy atom. The van der Waals surface area contributed by atoms with Crippen molar-refractivity contribution < 1.29 is 13.9 Å². The van der Waals surface area contributed by atoms with Crippen LogP contribution in [0, 0.1) is 12.7 Å². The molecule has 1 N–H and O–H groups in total. The van der Waals surface area contributed by atoms with E-state index in [-0.39, 0.29) is 17.6 Å². The van der Waals surface area contributed by atoms with Gasteiger partial charge < -0.3 is 14.6 Å². The Morgan fingerprint density at radius 3 is 2.66 bits per heavy atom. The summed E-state index contributed by atoms with van der Waals surface area (Å²) in [5.41, 5.74) is 5.68. The number of piperidine rings is 1. The number of ether oxygens (including phenoxy) is 1. The minimum atomic E-state index is -0.309. The molecule has 0 aliphatic carbocycles. The van der Waals surface area contributed by atoms with Crippen molar-refractivity contribution in [3.63, 3.8) is 0 Å². The summed E-state index contributed by atoms with van der Waals surface area (Å²) in [5.74, 6) is 0.552. The summed E-state index contributed by atoms with van der Waals surface area (Å²) in [7, 11) is 2.00. The Labute approximate surface area is 206 Å². The van der Waals surface area contributed by atoms with E-state index in [1.54, 1.807) is 0 Å². The number of H-pyrrole nitrogens is 1. The molecule has 5 rings (SSSR count). The number of carbonyl (C=O) groups is 1. The van der Waals surface area contributed by atoms with Gasteiger partial charge in [0, 0.05) is 35.2 Å². The standard InChI is InChI=1S/C28H35FN4O2/c1-17(2)27-23-12-20(5-6-25(23)31-28(27)22-11-18(3)30-13-24(22)29)19-7-9-33(10-8-19)26(34)14-32(4)21-15-35-16-21/h5-6,11-13,17,19,21,31H,7-10,14-16H2,1-4H3. The predicted octanol–water partition coefficient (Wildman–Crippen LogP) is 4.84. The fraction of sp³-hybridized carbons (Fsp3) is 0.500. The summed E-state index contributed by atoms with van der Waals surface area (Å²) in [6, 6.07) is 8.78. The van der Waals surface area contributed by atoms with Gasteiger partial charge in [0.1, 0.15) is 0 Å². The molecule has 2 aliphatic rings. The number of hydrogen-bond donors (Lipinski definition) is 1. The van der Waals surface area contributed by atoms with Crippen molar-refractivity contribution in [3.05, 3.63) is 53.1 Å². The van der Waals surface area contributed by atoms with Crippen LogP contribution in [0.1, 0.15) is 55.3 Å². The summed E-state index contributed by atoms with van der Waals surface area (Å²) >= 11 is 0. The first-order valence-electron chi connectivity index (χ1n) is 12.7. The largest absolute Gasteiger partial charge is 0.378 e. The lowest BCUT2D eigenvalue weighted by atomic mass is 9.87. The Hall–Kier alpha value is -2.77. The molecule has 0 bridgehead atoms. The summed E-state index contributed by atoms with van der Waals surface area (Å²) in [4.78, 5) is 24.5. The fourth-order valence-corrected chi connectivity index (χ4v) is 5.41. The van der Waals surface area contributed by atoms with E-state index >= 15 is 0 Å². The van der Waals surface area contributed by atoms with Gasteiger partial charge >= 0.3 is 0 Å². The number of likely N-dealkylation sites (tertiary alicyclic amines) is 1. The van der Waals surface area contributed by atoms with Gasteiger partial charge in [-0.25, -0.2) is 4.39 Å². The number of aromatic amines is 1. The third-order valence-corrected chi connectivity index (χ3v) is 7.65. The number of fused-ring (bicyclic) bond motifs is 1. The fourth-order valence-electron chi connectivity index (χ4n) is 5.41. The Balaban J connectivity index is 1.35. The molecule has 6 nitrogen and oxygen atoms in total. The summed E-state index contributed by atoms with van der Waals surface area (Å²) in [6.45, 7) is 9.67. The molecule has 1 aromatic carbocycles. The zero-order valence-electron chi connectivity index (χ0n) is 21.1. The molecule has 0 radical (unpaired) electrons. The van der Waals surface area contributed by atoms with Crippen LogP contribution in [-0.4, -0.2) is 71.6 Å². The molecule has 0 atom stereocenters. The number of halogens is 1. The lowest BCUT2D eigenvalue weighted by Crippen LogP contribution is -2.51. The van der Waals surface area contributed by atoms with Crippen LogP contribution in [0.2, 0.25) is 0 Å². The van der Waals surface area contributed by atoms with Crippen molar-refractivity contribution in [1.82, 2.24) is 19.8 Å². The third-order valence-electron chi connectivity index (χ3n) is 7.65. The van der Waals surface area contributed by atoms with E-state index in [1.807, 2.05) is 24.9 Å². The number of aromatic nitrogens is 2. The molecular weight excluding hydrogens is 443 g/mol. The van der Waals surface area contributed by atoms with Gasteiger partial charge in [-0.1, -0.05) is 19.9 Å². The van der Waals surface area contributed by atoms with E-state index in [0.29, 0.717) is 24.1 Å². The normalized spacial score (nSPS) is 17.5. The average molecular weight is 479 g/mol. The number of rotatable bonds is 6. The first kappa shape index (κ1) is 23.9. The Morgan fingerprint density at radius 1 is 1.26 bits per heavy atom. The van der Waals surface area contributed by atoms with Gasteiger partial charge in [0.15, 0.2) is 5.82 Å². The van der Waals surface area contributed by atoms with Crippen molar-refractivity contribution in [2.24, 2.45) is 0 Å². The van der Waals surface area contributed by atoms with Crippen LogP contribution >= 0.6 is 0 Å². The number of carbonyl (C=O) groups excluding carboxylic acids is 1. The lowest BCUT2D eigenvalue weighted by molar-refractivity contribution is -0.136. The van der Waals surface area contributed by atoms with Gasteiger partial charge in [0.2, 0.25) is 5.91 Å². The highest BCUT2D eigenvalue weighted by atomic mass is 19.1. The zero-order chi connectivity index (χ0) is 24.7. The van der Waals surface area contributed by atoms with Crippen LogP contribution < -0.4 is 0 Å². The molecule has 0 spiro atoms. The number of aryl methyl sites for hydroxylation is 1. The van der Waals surface area contributed by atoms with E-state index in [9.17, 15) is 9.18 Å². The number of nitrogens with zero attached hydrogens (tertiary/aromatic N) is 3. The van der Waals surface area contributed by atoms with Crippen molar-refractivity contribution in [2.45, 2.75) is 51.5 Å². The first-order valence-corrected chi connectivity index (χ1v) is 12.7. The maximum Gasteiger partial charge on any atom is 0.236 e. The average Bonchev–Trinajstić information content (AvgIpc) is 3.18. The van der Waals surface area contributed by atoms with Crippen LogP contribution in [0.25, 0.3) is 22.2 Å². The lowest BCUT2D eigenvalue weighted by Gasteiger charge is -2.37. The SMILES string of the molecule is Cc1cc(-c2[nH]c3ccc(C4CCN(C(=O)CN(C)C5COC5)CC4)cc3c2C(C)C)c(F)cn1. The van der Waals surface area contributed by atoms with Gasteiger partial charge in [-0.2, -0.15) is 0 Å². The topological polar surface area (TPSA) is 61.5 Å². The minimum absolute atomic E-state index is 0.209. The molecule has 7 heteroatoms. The van der Waals surface area contributed by atoms with Gasteiger partial charge in [-0.05, 0) is 68.0 Å². The number of pyridine rings is 1. The Bertz CT molecular complexity index is 1230. The molecule has 4 heterocycles. The smallest absolute Gasteiger partial charge is 0.236 e. The van der Waals surface area contributed by atoms with Crippen LogP contribution in [-0.2, 0) is 9.53 Å². The van der Waals surface area contributed by atoms with Crippen LogP contribution in [0.3, 0.4) is 0 Å². The number of nitrogens with one attached hydrogen (secondary N) is 1. The molecule has 2 aliphatic heterocycles. The van der Waals surface area contributed by atoms with Crippen LogP contribution in [0.15, 0.2) is 30.5 Å². The second kappa shape index (κ2) is 9.70. The summed E-state index contributed by atoms with van der Waals surface area (Å²) < 4.78 is 20.0. The third kappa shape index (κ3) is 4.71. The highest BCUT2D eigenvalue weighted by Crippen LogP contribution is 2.39. The maximum absolute atomic E-state index is 14.7. The first-order chi connectivity index (χ1) is 16.8. The number of likely N-dealkylation sites (N-methyl/N-ethyl adjacent to an activating group) is 1. The highest BCUT2D eigenvalue weighted by molar-refractivity contribution is 5.92. The van der Waals surface area contributed by atoms with E-state index in [2.05, 4.69) is 46.9 Å². The van der Waals surface area contributed by atoms with Crippen LogP contribution in [0.4, 0.5) is 4.39 Å². The molecular formula is C28H35FN4O2. The van der Waals surface area contributed by atoms with Crippen molar-refractivity contribution in [1.29, 1.82) is 0 Å². The second-order valence-electron chi connectivity index (χ2n) is 10.4. The van der Waals surface area contributed by atoms with E-state index in [0.717, 1.165) is 67.0 Å². The van der Waals surface area contributed by atoms with Crippen molar-refractivity contribution >= 4 is 16.8 Å².